The molecule has 1 heterocycles. The van der Waals surface area contributed by atoms with Crippen LogP contribution in [0.5, 0.6) is 0 Å². The average Bonchev–Trinajstić information content (AvgIpc) is 2.10. The SMILES string of the molecule is CC1CN(CCCCC(=O)O)CC(C)S1. The molecule has 1 N–H and O–H groups in total. The van der Waals surface area contributed by atoms with Crippen LogP contribution >= 0.6 is 11.8 Å². The Morgan fingerprint density at radius 1 is 1.33 bits per heavy atom. The van der Waals surface area contributed by atoms with E-state index in [0.717, 1.165) is 32.5 Å². The second-order valence-electron chi connectivity index (χ2n) is 4.37. The van der Waals surface area contributed by atoms with Crippen molar-refractivity contribution in [3.8, 4) is 0 Å². The molecule has 0 spiro atoms. The summed E-state index contributed by atoms with van der Waals surface area (Å²) in [7, 11) is 0. The summed E-state index contributed by atoms with van der Waals surface area (Å²) in [5.74, 6) is -0.675. The number of carbonyl (C=O) groups is 1. The molecule has 88 valence electrons. The van der Waals surface area contributed by atoms with Crippen LogP contribution in [0.2, 0.25) is 0 Å². The van der Waals surface area contributed by atoms with E-state index in [9.17, 15) is 4.79 Å². The molecule has 0 amide bonds. The fourth-order valence-corrected chi connectivity index (χ4v) is 3.47. The average molecular weight is 231 g/mol. The third-order valence-corrected chi connectivity index (χ3v) is 3.84. The summed E-state index contributed by atoms with van der Waals surface area (Å²) in [6, 6.07) is 0. The molecule has 3 nitrogen and oxygen atoms in total. The third kappa shape index (κ3) is 5.42. The highest BCUT2D eigenvalue weighted by Gasteiger charge is 2.21. The van der Waals surface area contributed by atoms with Gasteiger partial charge in [-0.15, -0.1) is 0 Å². The summed E-state index contributed by atoms with van der Waals surface area (Å²) in [5, 5.41) is 9.95. The van der Waals surface area contributed by atoms with Gasteiger partial charge in [0.2, 0.25) is 0 Å². The zero-order valence-corrected chi connectivity index (χ0v) is 10.4. The van der Waals surface area contributed by atoms with Gasteiger partial charge in [0.1, 0.15) is 0 Å². The van der Waals surface area contributed by atoms with Gasteiger partial charge in [-0.05, 0) is 19.4 Å². The van der Waals surface area contributed by atoms with Crippen molar-refractivity contribution in [2.45, 2.75) is 43.6 Å². The molecule has 15 heavy (non-hydrogen) atoms. The van der Waals surface area contributed by atoms with E-state index in [-0.39, 0.29) is 0 Å². The van der Waals surface area contributed by atoms with Gasteiger partial charge in [-0.3, -0.25) is 4.79 Å². The topological polar surface area (TPSA) is 40.5 Å². The van der Waals surface area contributed by atoms with Gasteiger partial charge in [0.05, 0.1) is 0 Å². The molecule has 1 aliphatic heterocycles. The minimum absolute atomic E-state index is 0.313. The lowest BCUT2D eigenvalue weighted by Gasteiger charge is -2.34. The Kier molecular flexibility index (Phi) is 5.47. The van der Waals surface area contributed by atoms with E-state index in [1.807, 2.05) is 0 Å². The van der Waals surface area contributed by atoms with E-state index in [2.05, 4.69) is 30.5 Å². The quantitative estimate of drug-likeness (QED) is 0.735. The van der Waals surface area contributed by atoms with Crippen molar-refractivity contribution in [1.82, 2.24) is 4.90 Å². The van der Waals surface area contributed by atoms with Gasteiger partial charge in [0.25, 0.3) is 0 Å². The number of carboxylic acid groups (broad SMARTS) is 1. The molecule has 1 aliphatic rings. The van der Waals surface area contributed by atoms with Crippen molar-refractivity contribution in [1.29, 1.82) is 0 Å². The van der Waals surface area contributed by atoms with Crippen LogP contribution in [0.4, 0.5) is 0 Å². The molecule has 1 rings (SSSR count). The Labute approximate surface area is 96.2 Å². The van der Waals surface area contributed by atoms with Crippen LogP contribution in [-0.2, 0) is 4.79 Å². The normalized spacial score (nSPS) is 27.9. The maximum atomic E-state index is 10.3. The molecule has 0 aromatic heterocycles. The number of thioether (sulfide) groups is 1. The highest BCUT2D eigenvalue weighted by molar-refractivity contribution is 8.00. The van der Waals surface area contributed by atoms with Gasteiger partial charge in [-0.25, -0.2) is 0 Å². The second-order valence-corrected chi connectivity index (χ2v) is 6.25. The molecular weight excluding hydrogens is 210 g/mol. The summed E-state index contributed by atoms with van der Waals surface area (Å²) < 4.78 is 0. The summed E-state index contributed by atoms with van der Waals surface area (Å²) >= 11 is 2.05. The molecule has 0 bridgehead atoms. The van der Waals surface area contributed by atoms with E-state index in [1.54, 1.807) is 0 Å². The van der Waals surface area contributed by atoms with Gasteiger partial charge in [-0.1, -0.05) is 13.8 Å². The van der Waals surface area contributed by atoms with E-state index >= 15 is 0 Å². The van der Waals surface area contributed by atoms with Gasteiger partial charge in [0.15, 0.2) is 0 Å². The van der Waals surface area contributed by atoms with Crippen molar-refractivity contribution < 1.29 is 9.90 Å². The third-order valence-electron chi connectivity index (χ3n) is 2.61. The van der Waals surface area contributed by atoms with Crippen LogP contribution in [0.25, 0.3) is 0 Å². The highest BCUT2D eigenvalue weighted by atomic mass is 32.2. The molecule has 2 atom stereocenters. The molecule has 1 fully saturated rings. The van der Waals surface area contributed by atoms with E-state index in [4.69, 9.17) is 5.11 Å². The van der Waals surface area contributed by atoms with Crippen LogP contribution in [0.15, 0.2) is 0 Å². The summed E-state index contributed by atoms with van der Waals surface area (Å²) in [6.45, 7) is 7.90. The number of nitrogens with zero attached hydrogens (tertiary/aromatic N) is 1. The first kappa shape index (κ1) is 12.8. The van der Waals surface area contributed by atoms with Gasteiger partial charge < -0.3 is 10.0 Å². The van der Waals surface area contributed by atoms with Crippen molar-refractivity contribution >= 4 is 17.7 Å². The highest BCUT2D eigenvalue weighted by Crippen LogP contribution is 2.24. The van der Waals surface area contributed by atoms with Crippen LogP contribution in [-0.4, -0.2) is 46.1 Å². The summed E-state index contributed by atoms with van der Waals surface area (Å²) in [4.78, 5) is 12.8. The van der Waals surface area contributed by atoms with E-state index in [1.165, 1.54) is 0 Å². The van der Waals surface area contributed by atoms with Gasteiger partial charge in [0, 0.05) is 30.0 Å². The Morgan fingerprint density at radius 3 is 2.47 bits per heavy atom. The Bertz CT molecular complexity index is 201. The lowest BCUT2D eigenvalue weighted by Crippen LogP contribution is -2.40. The standard InChI is InChI=1S/C11H21NO2S/c1-9-7-12(8-10(2)15-9)6-4-3-5-11(13)14/h9-10H,3-8H2,1-2H3,(H,13,14). The lowest BCUT2D eigenvalue weighted by atomic mass is 10.2. The Morgan fingerprint density at radius 2 is 1.93 bits per heavy atom. The van der Waals surface area contributed by atoms with E-state index in [0.29, 0.717) is 16.9 Å². The molecule has 0 radical (unpaired) electrons. The number of hydrogen-bond acceptors (Lipinski definition) is 3. The molecule has 4 heteroatoms. The minimum atomic E-state index is -0.675. The molecule has 1 saturated heterocycles. The Hall–Kier alpha value is -0.220. The second kappa shape index (κ2) is 6.38. The number of unbranched alkanes of at least 4 members (excludes halogenated alkanes) is 1. The molecule has 0 aromatic carbocycles. The smallest absolute Gasteiger partial charge is 0.303 e. The number of rotatable bonds is 5. The van der Waals surface area contributed by atoms with Crippen molar-refractivity contribution in [3.63, 3.8) is 0 Å². The van der Waals surface area contributed by atoms with Crippen LogP contribution in [0.1, 0.15) is 33.1 Å². The van der Waals surface area contributed by atoms with Crippen molar-refractivity contribution in [2.75, 3.05) is 19.6 Å². The molecule has 0 aromatic rings. The minimum Gasteiger partial charge on any atom is -0.481 e. The molecule has 2 unspecified atom stereocenters. The monoisotopic (exact) mass is 231 g/mol. The molecular formula is C11H21NO2S. The zero-order valence-electron chi connectivity index (χ0n) is 9.61. The van der Waals surface area contributed by atoms with Gasteiger partial charge in [-0.2, -0.15) is 11.8 Å². The molecule has 0 saturated carbocycles. The fraction of sp³-hybridized carbons (Fsp3) is 0.909. The van der Waals surface area contributed by atoms with Crippen LogP contribution < -0.4 is 0 Å². The first-order valence-corrected chi connectivity index (χ1v) is 6.62. The number of aliphatic carboxylic acids is 1. The maximum Gasteiger partial charge on any atom is 0.303 e. The van der Waals surface area contributed by atoms with Gasteiger partial charge >= 0.3 is 5.97 Å². The predicted octanol–water partition coefficient (Wildman–Crippen LogP) is 2.07. The first-order chi connectivity index (χ1) is 7.08. The largest absolute Gasteiger partial charge is 0.481 e. The van der Waals surface area contributed by atoms with Crippen LogP contribution in [0.3, 0.4) is 0 Å². The number of carboxylic acids is 1. The van der Waals surface area contributed by atoms with Crippen molar-refractivity contribution in [3.05, 3.63) is 0 Å². The fourth-order valence-electron chi connectivity index (χ4n) is 2.08. The van der Waals surface area contributed by atoms with Crippen molar-refractivity contribution in [2.24, 2.45) is 0 Å². The summed E-state index contributed by atoms with van der Waals surface area (Å²) in [5.41, 5.74) is 0. The predicted molar refractivity (Wildman–Crippen MR) is 64.4 cm³/mol. The van der Waals surface area contributed by atoms with E-state index < -0.39 is 5.97 Å². The first-order valence-electron chi connectivity index (χ1n) is 5.67. The summed E-state index contributed by atoms with van der Waals surface area (Å²) in [6.07, 6.45) is 2.13. The zero-order chi connectivity index (χ0) is 11.3. The maximum absolute atomic E-state index is 10.3. The Balaban J connectivity index is 2.12. The van der Waals surface area contributed by atoms with Crippen LogP contribution in [0, 0.1) is 0 Å². The lowest BCUT2D eigenvalue weighted by molar-refractivity contribution is -0.137. The number of hydrogen-bond donors (Lipinski definition) is 1. The molecule has 0 aliphatic carbocycles.